The fraction of sp³-hybridized carbons (Fsp3) is 0.364. The van der Waals surface area contributed by atoms with Gasteiger partial charge in [-0.1, -0.05) is 12.1 Å². The summed E-state index contributed by atoms with van der Waals surface area (Å²) in [6.45, 7) is 3.27. The summed E-state index contributed by atoms with van der Waals surface area (Å²) in [5.41, 5.74) is -0.796. The first-order valence-corrected chi connectivity index (χ1v) is 9.38. The molecule has 1 aliphatic rings. The number of ether oxygens (including phenoxy) is 2. The van der Waals surface area contributed by atoms with Gasteiger partial charge in [0.1, 0.15) is 0 Å². The van der Waals surface area contributed by atoms with Crippen molar-refractivity contribution in [3.8, 4) is 16.9 Å². The summed E-state index contributed by atoms with van der Waals surface area (Å²) in [5, 5.41) is 0. The van der Waals surface area contributed by atoms with Gasteiger partial charge in [0.25, 0.3) is 0 Å². The molecule has 2 aromatic rings. The van der Waals surface area contributed by atoms with Crippen LogP contribution in [0.4, 0.5) is 22.0 Å². The highest BCUT2D eigenvalue weighted by Gasteiger charge is 2.28. The number of hydrogen-bond acceptors (Lipinski definition) is 2. The Balaban J connectivity index is 1.88. The molecular formula is C22H21F5O2. The lowest BCUT2D eigenvalue weighted by atomic mass is 9.92. The normalized spacial score (nSPS) is 20.0. The van der Waals surface area contributed by atoms with Crippen molar-refractivity contribution in [3.63, 3.8) is 0 Å². The van der Waals surface area contributed by atoms with Crippen LogP contribution in [0.2, 0.25) is 0 Å². The number of rotatable bonds is 5. The largest absolute Gasteiger partial charge is 0.491 e. The van der Waals surface area contributed by atoms with E-state index in [0.29, 0.717) is 12.8 Å². The predicted molar refractivity (Wildman–Crippen MR) is 99.2 cm³/mol. The Morgan fingerprint density at radius 3 is 2.24 bits per heavy atom. The Labute approximate surface area is 165 Å². The van der Waals surface area contributed by atoms with E-state index >= 15 is 0 Å². The first-order valence-electron chi connectivity index (χ1n) is 9.38. The third-order valence-corrected chi connectivity index (χ3v) is 4.87. The van der Waals surface area contributed by atoms with Gasteiger partial charge in [-0.05, 0) is 44.9 Å². The van der Waals surface area contributed by atoms with Crippen molar-refractivity contribution in [3.05, 3.63) is 65.0 Å². The first-order chi connectivity index (χ1) is 13.8. The molecular weight excluding hydrogens is 391 g/mol. The summed E-state index contributed by atoms with van der Waals surface area (Å²) in [7, 11) is 0. The van der Waals surface area contributed by atoms with Gasteiger partial charge in [0.2, 0.25) is 5.82 Å². The highest BCUT2D eigenvalue weighted by atomic mass is 19.2. The quantitative estimate of drug-likeness (QED) is 0.512. The molecule has 0 N–H and O–H groups in total. The lowest BCUT2D eigenvalue weighted by Crippen LogP contribution is -2.20. The van der Waals surface area contributed by atoms with E-state index in [2.05, 4.69) is 0 Å². The lowest BCUT2D eigenvalue weighted by Gasteiger charge is -2.28. The number of hydrogen-bond donors (Lipinski definition) is 0. The summed E-state index contributed by atoms with van der Waals surface area (Å²) in [4.78, 5) is 0. The first kappa shape index (κ1) is 21.3. The smallest absolute Gasteiger partial charge is 0.201 e. The van der Waals surface area contributed by atoms with Crippen LogP contribution in [0.5, 0.6) is 5.75 Å². The van der Waals surface area contributed by atoms with Crippen LogP contribution in [0.25, 0.3) is 11.1 Å². The van der Waals surface area contributed by atoms with Crippen molar-refractivity contribution in [1.82, 2.24) is 0 Å². The zero-order valence-corrected chi connectivity index (χ0v) is 16.1. The Morgan fingerprint density at radius 2 is 1.66 bits per heavy atom. The van der Waals surface area contributed by atoms with Gasteiger partial charge in [0.15, 0.2) is 23.2 Å². The lowest BCUT2D eigenvalue weighted by molar-refractivity contribution is -0.00782. The predicted octanol–water partition coefficient (Wildman–Crippen LogP) is 6.65. The van der Waals surface area contributed by atoms with Crippen molar-refractivity contribution in [1.29, 1.82) is 0 Å². The van der Waals surface area contributed by atoms with Crippen molar-refractivity contribution < 1.29 is 31.4 Å². The summed E-state index contributed by atoms with van der Waals surface area (Å²) < 4.78 is 81.4. The Hall–Kier alpha value is -2.41. The van der Waals surface area contributed by atoms with Gasteiger partial charge in [-0.3, -0.25) is 0 Å². The molecule has 0 radical (unpaired) electrons. The summed E-state index contributed by atoms with van der Waals surface area (Å²) in [6.07, 6.45) is 1.70. The molecule has 1 heterocycles. The number of halogens is 5. The Bertz CT molecular complexity index is 914. The molecule has 2 nitrogen and oxygen atoms in total. The van der Waals surface area contributed by atoms with E-state index in [1.807, 2.05) is 0 Å². The molecule has 1 aliphatic heterocycles. The zero-order valence-electron chi connectivity index (χ0n) is 16.1. The molecule has 0 spiro atoms. The molecule has 156 valence electrons. The Kier molecular flexibility index (Phi) is 6.57. The van der Waals surface area contributed by atoms with E-state index < -0.39 is 40.5 Å². The zero-order chi connectivity index (χ0) is 21.1. The summed E-state index contributed by atoms with van der Waals surface area (Å²) >= 11 is 0. The monoisotopic (exact) mass is 412 g/mol. The van der Waals surface area contributed by atoms with Gasteiger partial charge in [0, 0.05) is 22.6 Å². The topological polar surface area (TPSA) is 18.5 Å². The molecule has 7 heteroatoms. The minimum Gasteiger partial charge on any atom is -0.491 e. The molecule has 3 rings (SSSR count). The van der Waals surface area contributed by atoms with Gasteiger partial charge in [-0.15, -0.1) is 0 Å². The van der Waals surface area contributed by atoms with Crippen molar-refractivity contribution >= 4 is 0 Å². The molecule has 0 bridgehead atoms. The maximum absolute atomic E-state index is 14.7. The van der Waals surface area contributed by atoms with E-state index in [1.54, 1.807) is 6.92 Å². The number of benzene rings is 2. The molecule has 0 aromatic heterocycles. The van der Waals surface area contributed by atoms with Gasteiger partial charge in [-0.2, -0.15) is 4.39 Å². The highest BCUT2D eigenvalue weighted by molar-refractivity contribution is 5.66. The molecule has 2 unspecified atom stereocenters. The van der Waals surface area contributed by atoms with Crippen LogP contribution in [-0.4, -0.2) is 13.2 Å². The maximum atomic E-state index is 14.7. The van der Waals surface area contributed by atoms with Gasteiger partial charge in [0.05, 0.1) is 25.1 Å². The highest BCUT2D eigenvalue weighted by Crippen LogP contribution is 2.37. The van der Waals surface area contributed by atoms with Crippen LogP contribution < -0.4 is 4.74 Å². The SMILES string of the molecule is CCOc1ccc(-c2ccc(C3CCC(/C=C(/C)F)CO3)c(F)c2F)c(F)c1F. The van der Waals surface area contributed by atoms with Crippen LogP contribution in [0, 0.1) is 29.2 Å². The third-order valence-electron chi connectivity index (χ3n) is 4.87. The maximum Gasteiger partial charge on any atom is 0.201 e. The average Bonchev–Trinajstić information content (AvgIpc) is 2.69. The van der Waals surface area contributed by atoms with Crippen LogP contribution >= 0.6 is 0 Å². The minimum absolute atomic E-state index is 0.00235. The van der Waals surface area contributed by atoms with Gasteiger partial charge >= 0.3 is 0 Å². The molecule has 0 saturated carbocycles. The fourth-order valence-corrected chi connectivity index (χ4v) is 3.50. The number of allylic oxidation sites excluding steroid dienone is 1. The van der Waals surface area contributed by atoms with E-state index in [1.165, 1.54) is 31.2 Å². The van der Waals surface area contributed by atoms with Crippen molar-refractivity contribution in [2.75, 3.05) is 13.2 Å². The van der Waals surface area contributed by atoms with E-state index in [0.717, 1.165) is 6.07 Å². The second-order valence-electron chi connectivity index (χ2n) is 6.92. The van der Waals surface area contributed by atoms with E-state index in [-0.39, 0.29) is 36.3 Å². The molecule has 1 saturated heterocycles. The molecule has 2 atom stereocenters. The van der Waals surface area contributed by atoms with Crippen LogP contribution in [0.3, 0.4) is 0 Å². The third kappa shape index (κ3) is 4.45. The second-order valence-corrected chi connectivity index (χ2v) is 6.92. The van der Waals surface area contributed by atoms with E-state index in [4.69, 9.17) is 9.47 Å². The van der Waals surface area contributed by atoms with E-state index in [9.17, 15) is 22.0 Å². The van der Waals surface area contributed by atoms with Crippen molar-refractivity contribution in [2.24, 2.45) is 5.92 Å². The standard InChI is InChI=1S/C22H21F5O2/c1-3-28-18-9-7-15(20(25)22(18)27)14-5-6-16(21(26)19(14)24)17-8-4-13(11-29-17)10-12(2)23/h5-7,9-10,13,17H,3-4,8,11H2,1-2H3/b12-10-. The Morgan fingerprint density at radius 1 is 1.00 bits per heavy atom. The van der Waals surface area contributed by atoms with Crippen LogP contribution in [0.15, 0.2) is 36.2 Å². The second kappa shape index (κ2) is 8.95. The molecule has 2 aromatic carbocycles. The summed E-state index contributed by atoms with van der Waals surface area (Å²) in [5.74, 6) is -5.76. The summed E-state index contributed by atoms with van der Waals surface area (Å²) in [6, 6.07) is 4.83. The minimum atomic E-state index is -1.31. The molecule has 0 amide bonds. The molecule has 29 heavy (non-hydrogen) atoms. The van der Waals surface area contributed by atoms with Crippen LogP contribution in [0.1, 0.15) is 38.4 Å². The fourth-order valence-electron chi connectivity index (χ4n) is 3.50. The van der Waals surface area contributed by atoms with Crippen molar-refractivity contribution in [2.45, 2.75) is 32.8 Å². The molecule has 0 aliphatic carbocycles. The van der Waals surface area contributed by atoms with Crippen LogP contribution in [-0.2, 0) is 4.74 Å². The molecule has 1 fully saturated rings. The van der Waals surface area contributed by atoms with Gasteiger partial charge in [-0.25, -0.2) is 17.6 Å². The average molecular weight is 412 g/mol. The van der Waals surface area contributed by atoms with Gasteiger partial charge < -0.3 is 9.47 Å².